The van der Waals surface area contributed by atoms with E-state index in [0.717, 1.165) is 0 Å². The van der Waals surface area contributed by atoms with Crippen LogP contribution < -0.4 is 10.6 Å². The molecule has 4 aromatic rings. The summed E-state index contributed by atoms with van der Waals surface area (Å²) in [7, 11) is 2.36. The van der Waals surface area contributed by atoms with Gasteiger partial charge in [0.25, 0.3) is 0 Å². The Morgan fingerprint density at radius 3 is 2.21 bits per heavy atom. The fourth-order valence-corrected chi connectivity index (χ4v) is 4.51. The Morgan fingerprint density at radius 1 is 0.923 bits per heavy atom. The van der Waals surface area contributed by atoms with Gasteiger partial charge in [-0.05, 0) is 48.0 Å². The van der Waals surface area contributed by atoms with Gasteiger partial charge in [-0.15, -0.1) is 10.2 Å². The Bertz CT molecular complexity index is 1700. The van der Waals surface area contributed by atoms with Crippen LogP contribution in [0.4, 0.5) is 10.1 Å². The molecule has 0 saturated heterocycles. The number of aromatic nitrogens is 3. The highest BCUT2D eigenvalue weighted by atomic mass is 19.1. The number of methoxy groups -OCH3 is 2. The molecule has 0 aliphatic carbocycles. The predicted molar refractivity (Wildman–Crippen MR) is 138 cm³/mol. The number of halogens is 1. The van der Waals surface area contributed by atoms with Crippen molar-refractivity contribution in [2.45, 2.75) is 5.92 Å². The van der Waals surface area contributed by atoms with E-state index in [1.807, 2.05) is 0 Å². The highest BCUT2D eigenvalue weighted by Gasteiger charge is 2.43. The minimum Gasteiger partial charge on any atom is -0.466 e. The van der Waals surface area contributed by atoms with E-state index in [1.54, 1.807) is 48.5 Å². The molecule has 1 aromatic heterocycles. The standard InChI is InChI=1S/C28H21FN6O4/c1-38-27(36)24-23(16-6-4-3-5-7-16)20(15-30)26(31)34(25(24)28(37)39-2)19-12-13-21-22(14-19)33-35(32-21)18-10-8-17(29)9-11-18/h3-14,23H,31H2,1-2H3. The molecule has 5 rings (SSSR count). The van der Waals surface area contributed by atoms with E-state index in [-0.39, 0.29) is 22.7 Å². The molecule has 0 fully saturated rings. The van der Waals surface area contributed by atoms with Gasteiger partial charge in [0.05, 0.1) is 48.7 Å². The molecule has 3 aromatic carbocycles. The van der Waals surface area contributed by atoms with Gasteiger partial charge in [0.2, 0.25) is 0 Å². The molecule has 194 valence electrons. The molecule has 11 heteroatoms. The van der Waals surface area contributed by atoms with Gasteiger partial charge in [-0.1, -0.05) is 30.3 Å². The molecule has 0 bridgehead atoms. The van der Waals surface area contributed by atoms with Crippen molar-refractivity contribution in [2.75, 3.05) is 19.1 Å². The second-order valence-electron chi connectivity index (χ2n) is 8.47. The number of nitriles is 1. The summed E-state index contributed by atoms with van der Waals surface area (Å²) in [6, 6.07) is 21.4. The molecule has 1 unspecified atom stereocenters. The monoisotopic (exact) mass is 524 g/mol. The number of hydrogen-bond donors (Lipinski definition) is 1. The van der Waals surface area contributed by atoms with Crippen LogP contribution in [0.5, 0.6) is 0 Å². The lowest BCUT2D eigenvalue weighted by Crippen LogP contribution is -2.40. The van der Waals surface area contributed by atoms with Crippen LogP contribution >= 0.6 is 0 Å². The Kier molecular flexibility index (Phi) is 6.52. The van der Waals surface area contributed by atoms with Crippen LogP contribution in [0, 0.1) is 17.1 Å². The maximum atomic E-state index is 13.4. The zero-order chi connectivity index (χ0) is 27.7. The Balaban J connectivity index is 1.73. The van der Waals surface area contributed by atoms with E-state index >= 15 is 0 Å². The van der Waals surface area contributed by atoms with Crippen LogP contribution in [0.2, 0.25) is 0 Å². The number of hydrogen-bond acceptors (Lipinski definition) is 9. The van der Waals surface area contributed by atoms with Crippen molar-refractivity contribution < 1.29 is 23.5 Å². The number of fused-ring (bicyclic) bond motifs is 1. The van der Waals surface area contributed by atoms with E-state index in [0.29, 0.717) is 28.0 Å². The van der Waals surface area contributed by atoms with E-state index in [4.69, 9.17) is 15.2 Å². The van der Waals surface area contributed by atoms with Crippen LogP contribution in [0.3, 0.4) is 0 Å². The molecule has 10 nitrogen and oxygen atoms in total. The first kappa shape index (κ1) is 25.2. The van der Waals surface area contributed by atoms with Crippen molar-refractivity contribution in [3.05, 3.63) is 107 Å². The SMILES string of the molecule is COC(=O)C1=C(C(=O)OC)N(c2ccc3nn(-c4ccc(F)cc4)nc3c2)C(N)=C(C#N)C1c1ccccc1. The lowest BCUT2D eigenvalue weighted by Gasteiger charge is -2.35. The molecule has 0 amide bonds. The minimum absolute atomic E-state index is 0.0457. The molecule has 0 spiro atoms. The minimum atomic E-state index is -0.975. The third kappa shape index (κ3) is 4.34. The summed E-state index contributed by atoms with van der Waals surface area (Å²) in [6.07, 6.45) is 0. The molecular formula is C28H21FN6O4. The van der Waals surface area contributed by atoms with Crippen molar-refractivity contribution >= 4 is 28.7 Å². The van der Waals surface area contributed by atoms with E-state index in [2.05, 4.69) is 16.3 Å². The number of esters is 2. The van der Waals surface area contributed by atoms with Gasteiger partial charge in [-0.3, -0.25) is 4.90 Å². The number of nitrogens with zero attached hydrogens (tertiary/aromatic N) is 5. The van der Waals surface area contributed by atoms with Crippen LogP contribution in [0.25, 0.3) is 16.7 Å². The third-order valence-corrected chi connectivity index (χ3v) is 6.29. The van der Waals surface area contributed by atoms with E-state index in [1.165, 1.54) is 48.2 Å². The molecule has 1 aliphatic heterocycles. The largest absolute Gasteiger partial charge is 0.466 e. The second-order valence-corrected chi connectivity index (χ2v) is 8.47. The summed E-state index contributed by atoms with van der Waals surface area (Å²) in [5.74, 6) is -3.11. The predicted octanol–water partition coefficient (Wildman–Crippen LogP) is 3.46. The van der Waals surface area contributed by atoms with Gasteiger partial charge in [0.15, 0.2) is 0 Å². The van der Waals surface area contributed by atoms with Gasteiger partial charge in [-0.2, -0.15) is 10.1 Å². The molecule has 2 N–H and O–H groups in total. The first-order chi connectivity index (χ1) is 18.9. The zero-order valence-corrected chi connectivity index (χ0v) is 20.8. The first-order valence-corrected chi connectivity index (χ1v) is 11.7. The van der Waals surface area contributed by atoms with Crippen LogP contribution in [0.15, 0.2) is 95.5 Å². The fourth-order valence-electron chi connectivity index (χ4n) is 4.51. The highest BCUT2D eigenvalue weighted by molar-refractivity contribution is 6.06. The summed E-state index contributed by atoms with van der Waals surface area (Å²) >= 11 is 0. The average molecular weight is 525 g/mol. The molecule has 1 atom stereocenters. The molecular weight excluding hydrogens is 503 g/mol. The number of allylic oxidation sites excluding steroid dienone is 1. The number of ether oxygens (including phenoxy) is 2. The zero-order valence-electron chi connectivity index (χ0n) is 20.8. The second kappa shape index (κ2) is 10.1. The van der Waals surface area contributed by atoms with E-state index in [9.17, 15) is 19.2 Å². The van der Waals surface area contributed by atoms with Gasteiger partial charge in [0, 0.05) is 0 Å². The lowest BCUT2D eigenvalue weighted by molar-refractivity contribution is -0.139. The van der Waals surface area contributed by atoms with Crippen molar-refractivity contribution in [2.24, 2.45) is 5.73 Å². The maximum absolute atomic E-state index is 13.4. The van der Waals surface area contributed by atoms with Crippen LogP contribution in [-0.4, -0.2) is 41.2 Å². The fraction of sp³-hybridized carbons (Fsp3) is 0.107. The number of anilines is 1. The lowest BCUT2D eigenvalue weighted by atomic mass is 9.81. The van der Waals surface area contributed by atoms with Crippen molar-refractivity contribution in [3.63, 3.8) is 0 Å². The van der Waals surface area contributed by atoms with Crippen molar-refractivity contribution in [1.29, 1.82) is 5.26 Å². The summed E-state index contributed by atoms with van der Waals surface area (Å²) in [5.41, 5.74) is 8.64. The average Bonchev–Trinajstić information content (AvgIpc) is 3.40. The van der Waals surface area contributed by atoms with Gasteiger partial charge < -0.3 is 15.2 Å². The molecule has 39 heavy (non-hydrogen) atoms. The van der Waals surface area contributed by atoms with Crippen LogP contribution in [0.1, 0.15) is 11.5 Å². The molecule has 2 heterocycles. The molecule has 0 saturated carbocycles. The number of rotatable bonds is 5. The Hall–Kier alpha value is -5.50. The number of carbonyl (C=O) groups is 2. The van der Waals surface area contributed by atoms with Crippen LogP contribution in [-0.2, 0) is 19.1 Å². The number of nitrogens with two attached hydrogens (primary N) is 1. The summed E-state index contributed by atoms with van der Waals surface area (Å²) < 4.78 is 23.5. The molecule has 0 radical (unpaired) electrons. The summed E-state index contributed by atoms with van der Waals surface area (Å²) in [4.78, 5) is 29.0. The maximum Gasteiger partial charge on any atom is 0.355 e. The number of carbonyl (C=O) groups excluding carboxylic acids is 2. The quantitative estimate of drug-likeness (QED) is 0.389. The Morgan fingerprint density at radius 2 is 1.56 bits per heavy atom. The van der Waals surface area contributed by atoms with Crippen molar-refractivity contribution in [1.82, 2.24) is 15.0 Å². The van der Waals surface area contributed by atoms with Gasteiger partial charge >= 0.3 is 11.9 Å². The smallest absolute Gasteiger partial charge is 0.355 e. The normalized spacial score (nSPS) is 15.3. The highest BCUT2D eigenvalue weighted by Crippen LogP contribution is 2.43. The topological polar surface area (TPSA) is 136 Å². The Labute approximate surface area is 221 Å². The molecule has 1 aliphatic rings. The van der Waals surface area contributed by atoms with E-state index < -0.39 is 23.7 Å². The summed E-state index contributed by atoms with van der Waals surface area (Å²) in [5, 5.41) is 19.1. The summed E-state index contributed by atoms with van der Waals surface area (Å²) in [6.45, 7) is 0. The number of benzene rings is 3. The third-order valence-electron chi connectivity index (χ3n) is 6.29. The van der Waals surface area contributed by atoms with Crippen molar-refractivity contribution in [3.8, 4) is 11.8 Å². The first-order valence-electron chi connectivity index (χ1n) is 11.7. The van der Waals surface area contributed by atoms with Gasteiger partial charge in [0.1, 0.15) is 28.4 Å². The van der Waals surface area contributed by atoms with Gasteiger partial charge in [-0.25, -0.2) is 14.0 Å².